The van der Waals surface area contributed by atoms with E-state index in [1.165, 1.54) is 12.0 Å². The molecule has 0 radical (unpaired) electrons. The molecule has 0 heterocycles. The fourth-order valence-corrected chi connectivity index (χ4v) is 3.03. The minimum absolute atomic E-state index is 0.275. The molecule has 0 spiro atoms. The van der Waals surface area contributed by atoms with Crippen LogP contribution >= 0.6 is 0 Å². The molecular formula is C16H24O. The standard InChI is InChI=1S/C16H24O/c1-4-5-13-6-8-14(9-7-13)16(17)11-10-15(2,3)12-16/h6-9,17H,4-5,10-12H2,1-3H3. The molecule has 1 heteroatoms. The second kappa shape index (κ2) is 4.45. The van der Waals surface area contributed by atoms with E-state index in [-0.39, 0.29) is 5.41 Å². The SMILES string of the molecule is CCCc1ccc(C2(O)CCC(C)(C)C2)cc1. The minimum atomic E-state index is -0.589. The first-order valence-corrected chi connectivity index (χ1v) is 6.77. The van der Waals surface area contributed by atoms with E-state index in [9.17, 15) is 5.11 Å². The van der Waals surface area contributed by atoms with Gasteiger partial charge in [0.2, 0.25) is 0 Å². The summed E-state index contributed by atoms with van der Waals surface area (Å²) >= 11 is 0. The van der Waals surface area contributed by atoms with Gasteiger partial charge in [0.1, 0.15) is 0 Å². The topological polar surface area (TPSA) is 20.2 Å². The molecule has 1 aliphatic rings. The molecule has 1 aliphatic carbocycles. The summed E-state index contributed by atoms with van der Waals surface area (Å²) in [5.41, 5.74) is 2.16. The highest BCUT2D eigenvalue weighted by Gasteiger charge is 2.42. The molecule has 0 aromatic heterocycles. The first-order chi connectivity index (χ1) is 7.95. The zero-order chi connectivity index (χ0) is 12.5. The Labute approximate surface area is 105 Å². The smallest absolute Gasteiger partial charge is 0.0901 e. The van der Waals surface area contributed by atoms with Crippen molar-refractivity contribution in [1.82, 2.24) is 0 Å². The summed E-state index contributed by atoms with van der Waals surface area (Å²) in [6, 6.07) is 8.57. The van der Waals surface area contributed by atoms with Crippen LogP contribution in [0.3, 0.4) is 0 Å². The van der Waals surface area contributed by atoms with Crippen molar-refractivity contribution in [2.24, 2.45) is 5.41 Å². The second-order valence-corrected chi connectivity index (χ2v) is 6.32. The Balaban J connectivity index is 2.17. The molecule has 17 heavy (non-hydrogen) atoms. The highest BCUT2D eigenvalue weighted by atomic mass is 16.3. The van der Waals surface area contributed by atoms with Crippen LogP contribution in [0.5, 0.6) is 0 Å². The van der Waals surface area contributed by atoms with Crippen molar-refractivity contribution in [2.45, 2.75) is 58.5 Å². The zero-order valence-corrected chi connectivity index (χ0v) is 11.3. The van der Waals surface area contributed by atoms with Crippen molar-refractivity contribution in [2.75, 3.05) is 0 Å². The van der Waals surface area contributed by atoms with E-state index in [0.29, 0.717) is 0 Å². The van der Waals surface area contributed by atoms with Crippen LogP contribution in [-0.2, 0) is 12.0 Å². The van der Waals surface area contributed by atoms with E-state index < -0.39 is 5.60 Å². The van der Waals surface area contributed by atoms with Crippen molar-refractivity contribution >= 4 is 0 Å². The Morgan fingerprint density at radius 3 is 2.24 bits per heavy atom. The van der Waals surface area contributed by atoms with Gasteiger partial charge in [-0.15, -0.1) is 0 Å². The van der Waals surface area contributed by atoms with Crippen LogP contribution in [-0.4, -0.2) is 5.11 Å². The average Bonchev–Trinajstić information content (AvgIpc) is 2.56. The van der Waals surface area contributed by atoms with Gasteiger partial charge in [0.25, 0.3) is 0 Å². The third kappa shape index (κ3) is 2.71. The summed E-state index contributed by atoms with van der Waals surface area (Å²) in [7, 11) is 0. The van der Waals surface area contributed by atoms with Gasteiger partial charge in [-0.25, -0.2) is 0 Å². The number of hydrogen-bond acceptors (Lipinski definition) is 1. The molecular weight excluding hydrogens is 208 g/mol. The molecule has 1 aromatic rings. The summed E-state index contributed by atoms with van der Waals surface area (Å²) in [6.07, 6.45) is 5.20. The Morgan fingerprint density at radius 1 is 1.12 bits per heavy atom. The zero-order valence-electron chi connectivity index (χ0n) is 11.3. The fraction of sp³-hybridized carbons (Fsp3) is 0.625. The van der Waals surface area contributed by atoms with Crippen molar-refractivity contribution < 1.29 is 5.11 Å². The predicted octanol–water partition coefficient (Wildman–Crippen LogP) is 4.04. The van der Waals surface area contributed by atoms with Gasteiger partial charge < -0.3 is 5.11 Å². The van der Waals surface area contributed by atoms with Crippen molar-refractivity contribution in [3.8, 4) is 0 Å². The number of hydrogen-bond donors (Lipinski definition) is 1. The Hall–Kier alpha value is -0.820. The predicted molar refractivity (Wildman–Crippen MR) is 72.0 cm³/mol. The second-order valence-electron chi connectivity index (χ2n) is 6.32. The molecule has 1 saturated carbocycles. The molecule has 0 bridgehead atoms. The molecule has 0 amide bonds. The van der Waals surface area contributed by atoms with Gasteiger partial charge in [-0.05, 0) is 42.2 Å². The molecule has 0 aliphatic heterocycles. The molecule has 1 atom stereocenters. The molecule has 1 unspecified atom stereocenters. The quantitative estimate of drug-likeness (QED) is 0.834. The average molecular weight is 232 g/mol. The van der Waals surface area contributed by atoms with Gasteiger partial charge in [-0.3, -0.25) is 0 Å². The molecule has 94 valence electrons. The molecule has 1 N–H and O–H groups in total. The monoisotopic (exact) mass is 232 g/mol. The van der Waals surface area contributed by atoms with Crippen LogP contribution in [0.25, 0.3) is 0 Å². The van der Waals surface area contributed by atoms with Crippen molar-refractivity contribution in [1.29, 1.82) is 0 Å². The lowest BCUT2D eigenvalue weighted by atomic mass is 9.85. The number of rotatable bonds is 3. The van der Waals surface area contributed by atoms with E-state index in [1.807, 2.05) is 0 Å². The maximum Gasteiger partial charge on any atom is 0.0901 e. The number of aryl methyl sites for hydroxylation is 1. The van der Waals surface area contributed by atoms with Crippen LogP contribution in [0.1, 0.15) is 57.6 Å². The summed E-state index contributed by atoms with van der Waals surface area (Å²) in [5.74, 6) is 0. The van der Waals surface area contributed by atoms with E-state index in [0.717, 1.165) is 31.2 Å². The van der Waals surface area contributed by atoms with E-state index in [1.54, 1.807) is 0 Å². The Bertz CT molecular complexity index is 377. The summed E-state index contributed by atoms with van der Waals surface area (Å²) < 4.78 is 0. The van der Waals surface area contributed by atoms with Gasteiger partial charge >= 0.3 is 0 Å². The van der Waals surface area contributed by atoms with Gasteiger partial charge in [0.15, 0.2) is 0 Å². The van der Waals surface area contributed by atoms with E-state index in [4.69, 9.17) is 0 Å². The molecule has 0 saturated heterocycles. The highest BCUT2D eigenvalue weighted by molar-refractivity contribution is 5.28. The fourth-order valence-electron chi connectivity index (χ4n) is 3.03. The number of benzene rings is 1. The maximum atomic E-state index is 10.7. The summed E-state index contributed by atoms with van der Waals surface area (Å²) in [4.78, 5) is 0. The van der Waals surface area contributed by atoms with Crippen LogP contribution in [0.15, 0.2) is 24.3 Å². The van der Waals surface area contributed by atoms with Gasteiger partial charge in [0, 0.05) is 0 Å². The lowest BCUT2D eigenvalue weighted by molar-refractivity contribution is 0.0338. The first-order valence-electron chi connectivity index (χ1n) is 6.77. The summed E-state index contributed by atoms with van der Waals surface area (Å²) in [6.45, 7) is 6.69. The largest absolute Gasteiger partial charge is 0.385 e. The summed E-state index contributed by atoms with van der Waals surface area (Å²) in [5, 5.41) is 10.7. The van der Waals surface area contributed by atoms with Crippen molar-refractivity contribution in [3.63, 3.8) is 0 Å². The molecule has 1 aromatic carbocycles. The van der Waals surface area contributed by atoms with Crippen LogP contribution in [0, 0.1) is 5.41 Å². The first kappa shape index (κ1) is 12.6. The lowest BCUT2D eigenvalue weighted by Crippen LogP contribution is -2.23. The lowest BCUT2D eigenvalue weighted by Gasteiger charge is -2.26. The molecule has 1 fully saturated rings. The van der Waals surface area contributed by atoms with Crippen LogP contribution in [0.4, 0.5) is 0 Å². The highest BCUT2D eigenvalue weighted by Crippen LogP contribution is 2.48. The third-order valence-electron chi connectivity index (χ3n) is 4.02. The minimum Gasteiger partial charge on any atom is -0.385 e. The van der Waals surface area contributed by atoms with Crippen LogP contribution < -0.4 is 0 Å². The van der Waals surface area contributed by atoms with Gasteiger partial charge in [-0.1, -0.05) is 51.5 Å². The Kier molecular flexibility index (Phi) is 3.31. The Morgan fingerprint density at radius 2 is 1.76 bits per heavy atom. The molecule has 1 nitrogen and oxygen atoms in total. The van der Waals surface area contributed by atoms with Gasteiger partial charge in [-0.2, -0.15) is 0 Å². The number of aliphatic hydroxyl groups is 1. The van der Waals surface area contributed by atoms with Gasteiger partial charge in [0.05, 0.1) is 5.60 Å². The molecule has 2 rings (SSSR count). The van der Waals surface area contributed by atoms with Crippen LogP contribution in [0.2, 0.25) is 0 Å². The van der Waals surface area contributed by atoms with E-state index >= 15 is 0 Å². The van der Waals surface area contributed by atoms with E-state index in [2.05, 4.69) is 45.0 Å². The maximum absolute atomic E-state index is 10.7. The third-order valence-corrected chi connectivity index (χ3v) is 4.02. The van der Waals surface area contributed by atoms with Crippen molar-refractivity contribution in [3.05, 3.63) is 35.4 Å². The normalized spacial score (nSPS) is 27.3.